The lowest BCUT2D eigenvalue weighted by Gasteiger charge is -2.19. The fourth-order valence-electron chi connectivity index (χ4n) is 6.34. The number of carboxylic acids is 2. The highest BCUT2D eigenvalue weighted by molar-refractivity contribution is 8.16. The molecule has 89 heavy (non-hydrogen) atoms. The molecular formula is C53H45Cl10N11O6S9. The average Bonchev–Trinajstić information content (AvgIpc) is 1.76. The largest absolute Gasteiger partial charge is 1.00 e. The normalized spacial score (nSPS) is 13.1. The highest BCUT2D eigenvalue weighted by atomic mass is 35.5. The van der Waals surface area contributed by atoms with Crippen LogP contribution in [0.15, 0.2) is 82.8 Å². The summed E-state index contributed by atoms with van der Waals surface area (Å²) in [7, 11) is 5.45. The molecule has 1 aliphatic rings. The van der Waals surface area contributed by atoms with Gasteiger partial charge in [-0.2, -0.15) is 27.5 Å². The Kier molecular flexibility index (Phi) is 32.0. The van der Waals surface area contributed by atoms with Crippen LogP contribution in [0, 0.1) is 43.4 Å². The average molecular weight is 1580 g/mol. The number of thiazole rings is 3. The molecule has 0 fully saturated rings. The number of aromatic hydroxyl groups is 2. The molecular weight excluding hydrogens is 1530 g/mol. The Bertz CT molecular complexity index is 4080. The quantitative estimate of drug-likeness (QED) is 0.0277. The van der Waals surface area contributed by atoms with Crippen molar-refractivity contribution in [3.8, 4) is 23.6 Å². The maximum Gasteiger partial charge on any atom is 0.354 e. The number of fused-ring (bicyclic) bond motifs is 3. The summed E-state index contributed by atoms with van der Waals surface area (Å²) in [6.07, 6.45) is 0. The number of nitrogens with two attached hydrogens (primary N) is 1. The number of anilines is 1. The number of phenolic OH excluding ortho intramolecular Hbond substituents is 2. The number of rotatable bonds is 5. The summed E-state index contributed by atoms with van der Waals surface area (Å²) in [4.78, 5) is 42.6. The van der Waals surface area contributed by atoms with E-state index in [4.69, 9.17) is 126 Å². The molecule has 0 spiro atoms. The lowest BCUT2D eigenvalue weighted by molar-refractivity contribution is -0.139. The minimum atomic E-state index is -1.03. The molecule has 0 bridgehead atoms. The van der Waals surface area contributed by atoms with Crippen LogP contribution in [0.1, 0.15) is 59.4 Å². The molecule has 5 aromatic heterocycles. The Hall–Kier alpha value is -3.92. The third kappa shape index (κ3) is 23.6. The molecule has 9 N–H and O–H groups in total. The number of aliphatic carboxylic acids is 2. The number of phenols is 2. The molecule has 5 aromatic carbocycles. The van der Waals surface area contributed by atoms with E-state index in [0.717, 1.165) is 67.4 Å². The summed E-state index contributed by atoms with van der Waals surface area (Å²) in [5, 5.41) is 58.5. The Morgan fingerprint density at radius 3 is 1.62 bits per heavy atom. The van der Waals surface area contributed by atoms with Gasteiger partial charge in [0.2, 0.25) is 5.15 Å². The number of alkyl halides is 1. The van der Waals surface area contributed by atoms with Crippen molar-refractivity contribution >= 4 is 264 Å². The number of aliphatic imine (C=N–C) groups is 1. The van der Waals surface area contributed by atoms with Gasteiger partial charge in [-0.05, 0) is 148 Å². The maximum absolute atomic E-state index is 11.3. The van der Waals surface area contributed by atoms with Crippen LogP contribution in [0.4, 0.5) is 11.4 Å². The fraction of sp³-hybridized carbons (Fsp3) is 0.208. The minimum Gasteiger partial charge on any atom is -1.00 e. The number of nitrogens with zero attached hydrogens (tertiary/aromatic N) is 9. The van der Waals surface area contributed by atoms with E-state index in [1.807, 2.05) is 83.2 Å². The van der Waals surface area contributed by atoms with E-state index >= 15 is 0 Å². The molecule has 10 aromatic rings. The lowest BCUT2D eigenvalue weighted by atomic mass is 10.0. The van der Waals surface area contributed by atoms with Crippen molar-refractivity contribution in [2.24, 2.45) is 9.98 Å². The number of hydrogen-bond acceptors (Lipinski definition) is 23. The summed E-state index contributed by atoms with van der Waals surface area (Å²) < 4.78 is 10.4. The smallest absolute Gasteiger partial charge is 0.354 e. The molecule has 2 atom stereocenters. The third-order valence-electron chi connectivity index (χ3n) is 10.6. The Balaban J connectivity index is 0.000000278. The Morgan fingerprint density at radius 1 is 0.719 bits per heavy atom. The van der Waals surface area contributed by atoms with Gasteiger partial charge in [-0.3, -0.25) is 9.79 Å². The van der Waals surface area contributed by atoms with Crippen molar-refractivity contribution in [3.63, 3.8) is 0 Å². The zero-order valence-electron chi connectivity index (χ0n) is 46.5. The summed E-state index contributed by atoms with van der Waals surface area (Å²) in [6, 6.07) is 24.2. The molecule has 11 rings (SSSR count). The van der Waals surface area contributed by atoms with Gasteiger partial charge in [-0.1, -0.05) is 93.0 Å². The van der Waals surface area contributed by atoms with Gasteiger partial charge in [-0.15, -0.1) is 50.0 Å². The van der Waals surface area contributed by atoms with E-state index in [2.05, 4.69) is 46.3 Å². The second-order valence-electron chi connectivity index (χ2n) is 18.3. The van der Waals surface area contributed by atoms with E-state index in [9.17, 15) is 24.9 Å². The first-order chi connectivity index (χ1) is 40.7. The molecule has 36 heteroatoms. The number of nitrogen functional groups attached to an aromatic ring is 1. The predicted octanol–water partition coefficient (Wildman–Crippen LogP) is 16.7. The van der Waals surface area contributed by atoms with Crippen molar-refractivity contribution in [3.05, 3.63) is 149 Å². The number of nitriles is 2. The molecule has 0 radical (unpaired) electrons. The van der Waals surface area contributed by atoms with Crippen LogP contribution in [0.3, 0.4) is 0 Å². The minimum absolute atomic E-state index is 0. The summed E-state index contributed by atoms with van der Waals surface area (Å²) in [5.41, 5.74) is 12.2. The van der Waals surface area contributed by atoms with Crippen molar-refractivity contribution < 1.29 is 42.4 Å². The van der Waals surface area contributed by atoms with E-state index in [1.165, 1.54) is 99.7 Å². The molecule has 0 aliphatic carbocycles. The van der Waals surface area contributed by atoms with Crippen LogP contribution < -0.4 is 29.0 Å². The van der Waals surface area contributed by atoms with Crippen LogP contribution >= 0.6 is 205 Å². The maximum atomic E-state index is 11.3. The van der Waals surface area contributed by atoms with Gasteiger partial charge in [0.05, 0.1) is 46.4 Å². The van der Waals surface area contributed by atoms with Crippen molar-refractivity contribution in [1.29, 1.82) is 10.5 Å². The number of halogens is 10. The SMILES string of the molecule is CC(C)(S)C(Cl)C(=O)O.CC1(C)SC(c2nc3cc(O)c(Cl)cc3s2)=NC1C(=O)O.Cc1cc(N)ccc1Cl.Cc1cc(N=c2ssnc2Cl)ccc1Cl.Cc1cc2nc(C#N)sc2cc1Cl.Clc1ns[s+]c1Cl.N.N#Cc1nc2cc(O)c(Cl)cc2s1.[Cl-]. The Labute approximate surface area is 597 Å². The van der Waals surface area contributed by atoms with Crippen molar-refractivity contribution in [2.45, 2.75) is 69.4 Å². The van der Waals surface area contributed by atoms with Crippen LogP contribution in [0.5, 0.6) is 11.5 Å². The number of thioether (sulfide) groups is 1. The van der Waals surface area contributed by atoms with Gasteiger partial charge in [0.1, 0.15) is 39.1 Å². The molecule has 1 aliphatic heterocycles. The van der Waals surface area contributed by atoms with Crippen LogP contribution in [-0.4, -0.2) is 82.0 Å². The van der Waals surface area contributed by atoms with Gasteiger partial charge in [0.25, 0.3) is 10.5 Å². The summed E-state index contributed by atoms with van der Waals surface area (Å²) in [6.45, 7) is 12.8. The van der Waals surface area contributed by atoms with Gasteiger partial charge in [0.15, 0.2) is 25.9 Å². The monoisotopic (exact) mass is 1570 g/mol. The fourth-order valence-corrected chi connectivity index (χ4v) is 15.1. The molecule has 17 nitrogen and oxygen atoms in total. The molecule has 2 unspecified atom stereocenters. The predicted molar refractivity (Wildman–Crippen MR) is 378 cm³/mol. The first-order valence-corrected chi connectivity index (χ1v) is 35.2. The van der Waals surface area contributed by atoms with E-state index in [-0.39, 0.29) is 40.1 Å². The number of carbonyl (C=O) groups is 2. The second kappa shape index (κ2) is 35.9. The number of hydrogen-bond donors (Lipinski definition) is 7. The second-order valence-corrected chi connectivity index (χ2v) is 31.7. The van der Waals surface area contributed by atoms with Crippen molar-refractivity contribution in [2.75, 3.05) is 5.73 Å². The van der Waals surface area contributed by atoms with Crippen LogP contribution in [-0.2, 0) is 9.59 Å². The zero-order chi connectivity index (χ0) is 64.8. The number of aryl methyl sites for hydroxylation is 3. The van der Waals surface area contributed by atoms with Crippen LogP contribution in [0.25, 0.3) is 30.6 Å². The molecule has 6 heterocycles. The zero-order valence-corrected chi connectivity index (χ0v) is 61.5. The van der Waals surface area contributed by atoms with E-state index < -0.39 is 32.9 Å². The number of aromatic nitrogens is 5. The van der Waals surface area contributed by atoms with Gasteiger partial charge in [0, 0.05) is 52.9 Å². The topological polar surface area (TPSA) is 313 Å². The highest BCUT2D eigenvalue weighted by Crippen LogP contribution is 2.42. The highest BCUT2D eigenvalue weighted by Gasteiger charge is 2.43. The van der Waals surface area contributed by atoms with Gasteiger partial charge < -0.3 is 44.7 Å². The molecule has 472 valence electrons. The summed E-state index contributed by atoms with van der Waals surface area (Å²) in [5.74, 6) is -2.00. The third-order valence-corrected chi connectivity index (χ3v) is 22.9. The first kappa shape index (κ1) is 79.3. The standard InChI is InChI=1S/C13H11ClN2O3S2.C9H6Cl2N2S2.C9H5ClN2S.C8H3ClN2OS.C7H8ClN.C5H9ClO2S.C2Cl2NS2.ClH.H3N/c1-13(2)9(12(18)19)16-11(21-13)10-15-6-4-7(17)5(14)3-8(6)20-10;1-5-4-6(2-3-7(5)10)12-9-8(11)13-15-14-9;1-5-2-7-8(3-6(5)10)13-9(4-11)12-7;9-4-1-7-5(2-6(4)12)11-8(3-10)13-7;1-5-4-6(9)2-3-7(5)8;1-5(2,9)3(6)4(7)8;3-1-2(4)6-7-5-1;;/h3-4,9,17H,1-2H3,(H,18,19);2-4H,1H3;2-3H,1H3;1-2,12H;2-4H,9H2,1H3;3,9H,1-2H3,(H,7,8);;1H;1H3/q;;;;;;+1;;/p-1. The molecule has 0 saturated carbocycles. The van der Waals surface area contributed by atoms with E-state index in [0.29, 0.717) is 45.7 Å². The summed E-state index contributed by atoms with van der Waals surface area (Å²) >= 11 is 60.7. The van der Waals surface area contributed by atoms with Gasteiger partial charge >= 0.3 is 26.6 Å². The lowest BCUT2D eigenvalue weighted by Crippen LogP contribution is -3.00. The van der Waals surface area contributed by atoms with Crippen LogP contribution in [0.2, 0.25) is 39.8 Å². The molecule has 0 saturated heterocycles. The number of carboxylic acid groups (broad SMARTS) is 2. The van der Waals surface area contributed by atoms with Gasteiger partial charge in [-0.25, -0.2) is 24.7 Å². The Morgan fingerprint density at radius 2 is 1.21 bits per heavy atom. The van der Waals surface area contributed by atoms with E-state index in [1.54, 1.807) is 38.1 Å². The van der Waals surface area contributed by atoms with Crippen molar-refractivity contribution in [1.82, 2.24) is 29.8 Å². The first-order valence-electron chi connectivity index (χ1n) is 23.8. The number of thiol groups is 1. The molecule has 0 amide bonds. The number of benzene rings is 5.